The van der Waals surface area contributed by atoms with Gasteiger partial charge in [0.05, 0.1) is 0 Å². The van der Waals surface area contributed by atoms with E-state index in [9.17, 15) is 4.79 Å². The average molecular weight is 266 g/mol. The highest BCUT2D eigenvalue weighted by molar-refractivity contribution is 5.64. The van der Waals surface area contributed by atoms with Crippen LogP contribution >= 0.6 is 0 Å². The Labute approximate surface area is 116 Å². The first kappa shape index (κ1) is 15.8. The highest BCUT2D eigenvalue weighted by Gasteiger charge is 2.25. The summed E-state index contributed by atoms with van der Waals surface area (Å²) in [5.41, 5.74) is 0. The van der Waals surface area contributed by atoms with Gasteiger partial charge in [-0.25, -0.2) is 4.79 Å². The lowest BCUT2D eigenvalue weighted by Gasteiger charge is -2.31. The summed E-state index contributed by atoms with van der Waals surface area (Å²) in [6, 6.07) is 0.185. The van der Waals surface area contributed by atoms with E-state index >= 15 is 0 Å². The molecule has 1 aliphatic carbocycles. The number of nitrogens with zero attached hydrogens (tertiary/aromatic N) is 2. The SMILES string of the molecule is CN(C)CCCC#CC1CCC(N(C)C(=O)O)CC1. The molecular formula is C15H26N2O2. The van der Waals surface area contributed by atoms with Crippen LogP contribution in [0.25, 0.3) is 0 Å². The zero-order valence-electron chi connectivity index (χ0n) is 12.4. The van der Waals surface area contributed by atoms with E-state index in [2.05, 4.69) is 30.8 Å². The van der Waals surface area contributed by atoms with Crippen LogP contribution in [0.5, 0.6) is 0 Å². The molecule has 0 aromatic carbocycles. The first-order valence-electron chi connectivity index (χ1n) is 7.09. The van der Waals surface area contributed by atoms with Crippen molar-refractivity contribution in [2.45, 2.75) is 44.6 Å². The minimum atomic E-state index is -0.821. The third-order valence-corrected chi connectivity index (χ3v) is 3.76. The van der Waals surface area contributed by atoms with Crippen LogP contribution in [0.3, 0.4) is 0 Å². The van der Waals surface area contributed by atoms with Crippen molar-refractivity contribution in [3.63, 3.8) is 0 Å². The molecule has 0 aromatic heterocycles. The fourth-order valence-corrected chi connectivity index (χ4v) is 2.46. The summed E-state index contributed by atoms with van der Waals surface area (Å²) >= 11 is 0. The molecule has 0 heterocycles. The maximum absolute atomic E-state index is 10.9. The Morgan fingerprint density at radius 2 is 1.84 bits per heavy atom. The fourth-order valence-electron chi connectivity index (χ4n) is 2.46. The zero-order chi connectivity index (χ0) is 14.3. The fraction of sp³-hybridized carbons (Fsp3) is 0.800. The normalized spacial score (nSPS) is 22.7. The van der Waals surface area contributed by atoms with E-state index < -0.39 is 6.09 Å². The van der Waals surface area contributed by atoms with Gasteiger partial charge in [-0.2, -0.15) is 0 Å². The van der Waals surface area contributed by atoms with Gasteiger partial charge in [-0.3, -0.25) is 0 Å². The summed E-state index contributed by atoms with van der Waals surface area (Å²) < 4.78 is 0. The summed E-state index contributed by atoms with van der Waals surface area (Å²) in [7, 11) is 5.82. The van der Waals surface area contributed by atoms with Gasteiger partial charge in [0.2, 0.25) is 0 Å². The van der Waals surface area contributed by atoms with Crippen molar-refractivity contribution in [3.05, 3.63) is 0 Å². The summed E-state index contributed by atoms with van der Waals surface area (Å²) in [4.78, 5) is 14.5. The van der Waals surface area contributed by atoms with Crippen molar-refractivity contribution < 1.29 is 9.90 Å². The molecule has 0 radical (unpaired) electrons. The molecule has 0 spiro atoms. The van der Waals surface area contributed by atoms with Crippen LogP contribution in [0.2, 0.25) is 0 Å². The minimum Gasteiger partial charge on any atom is -0.465 e. The zero-order valence-corrected chi connectivity index (χ0v) is 12.4. The van der Waals surface area contributed by atoms with Gasteiger partial charge >= 0.3 is 6.09 Å². The Morgan fingerprint density at radius 1 is 1.21 bits per heavy atom. The van der Waals surface area contributed by atoms with E-state index in [-0.39, 0.29) is 6.04 Å². The summed E-state index contributed by atoms with van der Waals surface area (Å²) in [6.07, 6.45) is 5.22. The van der Waals surface area contributed by atoms with Crippen molar-refractivity contribution in [2.75, 3.05) is 27.7 Å². The molecule has 4 nitrogen and oxygen atoms in total. The van der Waals surface area contributed by atoms with Crippen LogP contribution in [-0.4, -0.2) is 54.7 Å². The lowest BCUT2D eigenvalue weighted by molar-refractivity contribution is 0.123. The number of rotatable bonds is 4. The molecule has 0 saturated heterocycles. The monoisotopic (exact) mass is 266 g/mol. The molecule has 1 fully saturated rings. The largest absolute Gasteiger partial charge is 0.465 e. The van der Waals surface area contributed by atoms with Gasteiger partial charge in [-0.15, -0.1) is 5.92 Å². The molecule has 1 saturated carbocycles. The molecule has 1 rings (SSSR count). The minimum absolute atomic E-state index is 0.185. The second-order valence-corrected chi connectivity index (χ2v) is 5.63. The molecule has 108 valence electrons. The van der Waals surface area contributed by atoms with Crippen LogP contribution < -0.4 is 0 Å². The number of carboxylic acid groups (broad SMARTS) is 1. The van der Waals surface area contributed by atoms with Crippen molar-refractivity contribution in [1.82, 2.24) is 9.80 Å². The average Bonchev–Trinajstić information content (AvgIpc) is 2.37. The quantitative estimate of drug-likeness (QED) is 0.628. The van der Waals surface area contributed by atoms with Gasteiger partial charge in [-0.05, 0) is 52.7 Å². The van der Waals surface area contributed by atoms with Gasteiger partial charge in [0.15, 0.2) is 0 Å². The lowest BCUT2D eigenvalue weighted by atomic mass is 9.86. The smallest absolute Gasteiger partial charge is 0.407 e. The summed E-state index contributed by atoms with van der Waals surface area (Å²) in [5.74, 6) is 7.09. The second-order valence-electron chi connectivity index (χ2n) is 5.63. The van der Waals surface area contributed by atoms with E-state index in [1.54, 1.807) is 7.05 Å². The van der Waals surface area contributed by atoms with Crippen molar-refractivity contribution in [1.29, 1.82) is 0 Å². The van der Waals surface area contributed by atoms with Crippen molar-refractivity contribution in [3.8, 4) is 11.8 Å². The first-order chi connectivity index (χ1) is 9.00. The molecule has 0 aliphatic heterocycles. The van der Waals surface area contributed by atoms with E-state index in [1.807, 2.05) is 0 Å². The van der Waals surface area contributed by atoms with E-state index in [1.165, 1.54) is 4.90 Å². The number of carbonyl (C=O) groups is 1. The number of hydrogen-bond donors (Lipinski definition) is 1. The number of unbranched alkanes of at least 4 members (excludes halogenated alkanes) is 1. The van der Waals surface area contributed by atoms with Crippen LogP contribution in [-0.2, 0) is 0 Å². The van der Waals surface area contributed by atoms with Crippen LogP contribution in [0, 0.1) is 17.8 Å². The molecule has 19 heavy (non-hydrogen) atoms. The van der Waals surface area contributed by atoms with E-state index in [4.69, 9.17) is 5.11 Å². The summed E-state index contributed by atoms with van der Waals surface area (Å²) in [5, 5.41) is 8.94. The predicted octanol–water partition coefficient (Wildman–Crippen LogP) is 2.50. The van der Waals surface area contributed by atoms with Crippen molar-refractivity contribution in [2.24, 2.45) is 5.92 Å². The predicted molar refractivity (Wildman–Crippen MR) is 77.1 cm³/mol. The third kappa shape index (κ3) is 5.98. The molecule has 0 aromatic rings. The molecule has 0 atom stereocenters. The van der Waals surface area contributed by atoms with E-state index in [0.717, 1.165) is 45.1 Å². The van der Waals surface area contributed by atoms with Crippen LogP contribution in [0.4, 0.5) is 4.79 Å². The number of hydrogen-bond acceptors (Lipinski definition) is 2. The Bertz CT molecular complexity index is 336. The van der Waals surface area contributed by atoms with Crippen molar-refractivity contribution >= 4 is 6.09 Å². The molecule has 0 bridgehead atoms. The Kier molecular flexibility index (Phi) is 6.72. The molecule has 0 unspecified atom stereocenters. The van der Waals surface area contributed by atoms with Gasteiger partial charge in [0, 0.05) is 25.4 Å². The lowest BCUT2D eigenvalue weighted by Crippen LogP contribution is -2.38. The number of amides is 1. The molecule has 1 N–H and O–H groups in total. The Morgan fingerprint density at radius 3 is 2.37 bits per heavy atom. The molecule has 4 heteroatoms. The van der Waals surface area contributed by atoms with Gasteiger partial charge < -0.3 is 14.9 Å². The molecular weight excluding hydrogens is 240 g/mol. The first-order valence-corrected chi connectivity index (χ1v) is 7.09. The summed E-state index contributed by atoms with van der Waals surface area (Å²) in [6.45, 7) is 1.09. The Hall–Kier alpha value is -1.21. The van der Waals surface area contributed by atoms with Gasteiger partial charge in [0.25, 0.3) is 0 Å². The molecule has 1 amide bonds. The maximum atomic E-state index is 10.9. The second kappa shape index (κ2) is 8.06. The maximum Gasteiger partial charge on any atom is 0.407 e. The van der Waals surface area contributed by atoms with Gasteiger partial charge in [-0.1, -0.05) is 5.92 Å². The van der Waals surface area contributed by atoms with Crippen LogP contribution in [0.15, 0.2) is 0 Å². The van der Waals surface area contributed by atoms with E-state index in [0.29, 0.717) is 5.92 Å². The van der Waals surface area contributed by atoms with Crippen LogP contribution in [0.1, 0.15) is 38.5 Å². The topological polar surface area (TPSA) is 43.8 Å². The van der Waals surface area contributed by atoms with Gasteiger partial charge in [0.1, 0.15) is 0 Å². The third-order valence-electron chi connectivity index (χ3n) is 3.76. The standard InChI is InChI=1S/C15H26N2O2/c1-16(2)12-6-4-5-7-13-8-10-14(11-9-13)17(3)15(18)19/h13-14H,4,6,8-12H2,1-3H3,(H,18,19). The molecule has 1 aliphatic rings. The highest BCUT2D eigenvalue weighted by Crippen LogP contribution is 2.26. The Balaban J connectivity index is 2.23. The highest BCUT2D eigenvalue weighted by atomic mass is 16.4.